The van der Waals surface area contributed by atoms with Crippen molar-refractivity contribution in [3.8, 4) is 0 Å². The van der Waals surface area contributed by atoms with E-state index in [9.17, 15) is 31.1 Å². The zero-order valence-corrected chi connectivity index (χ0v) is 11.1. The Hall–Kier alpha value is -0.500. The fraction of sp³-hybridized carbons (Fsp3) is 0.900. The molecule has 0 saturated heterocycles. The average Bonchev–Trinajstić information content (AvgIpc) is 2.23. The molecule has 0 aliphatic carbocycles. The predicted octanol–water partition coefficient (Wildman–Crippen LogP) is 3.92. The molecule has 0 aliphatic heterocycles. The maximum atomic E-state index is 12.6. The second-order valence-electron chi connectivity index (χ2n) is 4.20. The highest BCUT2D eigenvalue weighted by Crippen LogP contribution is 2.39. The summed E-state index contributed by atoms with van der Waals surface area (Å²) in [5, 5.41) is 0. The van der Waals surface area contributed by atoms with Gasteiger partial charge in [0, 0.05) is 6.42 Å². The van der Waals surface area contributed by atoms with Crippen LogP contribution in [-0.2, 0) is 9.53 Å². The summed E-state index contributed by atoms with van der Waals surface area (Å²) in [6.45, 7) is 2.23. The third-order valence-electron chi connectivity index (χ3n) is 2.08. The largest absolute Gasteiger partial charge is 0.425 e. The number of rotatable bonds is 8. The summed E-state index contributed by atoms with van der Waals surface area (Å²) >= 11 is 0. The van der Waals surface area contributed by atoms with Crippen LogP contribution in [0.1, 0.15) is 26.7 Å². The first-order chi connectivity index (χ1) is 8.00. The number of halogens is 7. The monoisotopic (exact) mass is 316 g/mol. The van der Waals surface area contributed by atoms with Crippen molar-refractivity contribution in [2.24, 2.45) is 5.92 Å². The van der Waals surface area contributed by atoms with Crippen molar-refractivity contribution in [1.29, 1.82) is 0 Å². The molecule has 0 spiro atoms. The van der Waals surface area contributed by atoms with E-state index < -0.39 is 30.8 Å². The topological polar surface area (TPSA) is 26.3 Å². The van der Waals surface area contributed by atoms with Crippen LogP contribution in [-0.4, -0.2) is 30.8 Å². The van der Waals surface area contributed by atoms with Gasteiger partial charge in [-0.15, -0.1) is 12.4 Å². The number of carbonyl (C=O) groups is 1. The first kappa shape index (κ1) is 20.8. The Kier molecular flexibility index (Phi) is 8.69. The van der Waals surface area contributed by atoms with Gasteiger partial charge in [-0.1, -0.05) is 13.8 Å². The Morgan fingerprint density at radius 2 is 1.63 bits per heavy atom. The number of hydrogen-bond donors (Lipinski definition) is 0. The van der Waals surface area contributed by atoms with E-state index in [1.54, 1.807) is 13.8 Å². The number of ketones is 1. The van der Waals surface area contributed by atoms with Crippen LogP contribution < -0.4 is 0 Å². The van der Waals surface area contributed by atoms with Gasteiger partial charge in [-0.2, -0.15) is 17.6 Å². The molecule has 0 unspecified atom stereocenters. The van der Waals surface area contributed by atoms with E-state index in [2.05, 4.69) is 4.74 Å². The number of carbonyl (C=O) groups excluding carboxylic acids is 1. The zero-order valence-electron chi connectivity index (χ0n) is 10.3. The van der Waals surface area contributed by atoms with Gasteiger partial charge >= 0.3 is 18.5 Å². The van der Waals surface area contributed by atoms with E-state index in [0.717, 1.165) is 0 Å². The molecule has 0 aliphatic rings. The van der Waals surface area contributed by atoms with Crippen LogP contribution in [0.3, 0.4) is 0 Å². The number of ether oxygens (including phenoxy) is 1. The number of alkyl halides is 6. The van der Waals surface area contributed by atoms with Crippen molar-refractivity contribution in [3.05, 3.63) is 0 Å². The normalized spacial score (nSPS) is 12.7. The Labute approximate surface area is 112 Å². The molecule has 0 aromatic rings. The average molecular weight is 317 g/mol. The van der Waals surface area contributed by atoms with Crippen LogP contribution in [0.15, 0.2) is 0 Å². The van der Waals surface area contributed by atoms with Gasteiger partial charge in [-0.25, -0.2) is 8.78 Å². The smallest absolute Gasteiger partial charge is 0.308 e. The second kappa shape index (κ2) is 7.94. The fourth-order valence-electron chi connectivity index (χ4n) is 0.916. The first-order valence-corrected chi connectivity index (χ1v) is 5.20. The molecule has 0 atom stereocenters. The maximum absolute atomic E-state index is 12.6. The van der Waals surface area contributed by atoms with Crippen molar-refractivity contribution in [2.45, 2.75) is 45.1 Å². The minimum absolute atomic E-state index is 0. The maximum Gasteiger partial charge on any atom is 0.425 e. The minimum Gasteiger partial charge on any atom is -0.308 e. The van der Waals surface area contributed by atoms with Crippen molar-refractivity contribution in [3.63, 3.8) is 0 Å². The molecule has 0 rings (SSSR count). The van der Waals surface area contributed by atoms with E-state index in [1.165, 1.54) is 0 Å². The summed E-state index contributed by atoms with van der Waals surface area (Å²) < 4.78 is 76.6. The molecule has 0 N–H and O–H groups in total. The van der Waals surface area contributed by atoms with Gasteiger partial charge in [0.15, 0.2) is 5.78 Å². The molecule has 0 aromatic carbocycles. The molecule has 0 saturated carbocycles. The van der Waals surface area contributed by atoms with E-state index in [0.29, 0.717) is 6.42 Å². The molecule has 9 heteroatoms. The SMILES string of the molecule is CC(C)CCC(=O)COC(F)(F)C(F)(F)C(F)F.Cl. The van der Waals surface area contributed by atoms with Crippen LogP contribution in [0.5, 0.6) is 0 Å². The van der Waals surface area contributed by atoms with Crippen LogP contribution >= 0.6 is 12.4 Å². The molecule has 0 radical (unpaired) electrons. The molecular formula is C10H15ClF6O2. The lowest BCUT2D eigenvalue weighted by Gasteiger charge is -2.24. The van der Waals surface area contributed by atoms with Gasteiger partial charge in [0.1, 0.15) is 6.61 Å². The van der Waals surface area contributed by atoms with Gasteiger partial charge in [0.05, 0.1) is 0 Å². The van der Waals surface area contributed by atoms with Crippen molar-refractivity contribution in [1.82, 2.24) is 0 Å². The minimum atomic E-state index is -5.62. The molecule has 116 valence electrons. The van der Waals surface area contributed by atoms with Gasteiger partial charge < -0.3 is 4.74 Å². The highest BCUT2D eigenvalue weighted by atomic mass is 35.5. The van der Waals surface area contributed by atoms with E-state index >= 15 is 0 Å². The van der Waals surface area contributed by atoms with E-state index in [4.69, 9.17) is 0 Å². The van der Waals surface area contributed by atoms with Crippen LogP contribution in [0.25, 0.3) is 0 Å². The summed E-state index contributed by atoms with van der Waals surface area (Å²) in [7, 11) is 0. The quantitative estimate of drug-likeness (QED) is 0.634. The summed E-state index contributed by atoms with van der Waals surface area (Å²) in [6.07, 6.45) is -9.69. The molecule has 0 fully saturated rings. The lowest BCUT2D eigenvalue weighted by Crippen LogP contribution is -2.48. The van der Waals surface area contributed by atoms with Crippen molar-refractivity contribution >= 4 is 18.2 Å². The Morgan fingerprint density at radius 1 is 1.16 bits per heavy atom. The fourth-order valence-corrected chi connectivity index (χ4v) is 0.916. The zero-order chi connectivity index (χ0) is 14.6. The van der Waals surface area contributed by atoms with Crippen molar-refractivity contribution in [2.75, 3.05) is 6.61 Å². The summed E-state index contributed by atoms with van der Waals surface area (Å²) in [5.74, 6) is -6.34. The second-order valence-corrected chi connectivity index (χ2v) is 4.20. The Bertz CT molecular complexity index is 283. The van der Waals surface area contributed by atoms with Gasteiger partial charge in [0.2, 0.25) is 0 Å². The van der Waals surface area contributed by atoms with E-state index in [1.807, 2.05) is 0 Å². The third kappa shape index (κ3) is 6.47. The third-order valence-corrected chi connectivity index (χ3v) is 2.08. The highest BCUT2D eigenvalue weighted by Gasteiger charge is 2.64. The Morgan fingerprint density at radius 3 is 2.00 bits per heavy atom. The first-order valence-electron chi connectivity index (χ1n) is 5.20. The molecule has 2 nitrogen and oxygen atoms in total. The van der Waals surface area contributed by atoms with Gasteiger partial charge in [0.25, 0.3) is 0 Å². The highest BCUT2D eigenvalue weighted by molar-refractivity contribution is 5.85. The van der Waals surface area contributed by atoms with Crippen LogP contribution in [0, 0.1) is 5.92 Å². The lowest BCUT2D eigenvalue weighted by atomic mass is 10.1. The van der Waals surface area contributed by atoms with Crippen LogP contribution in [0.4, 0.5) is 26.3 Å². The van der Waals surface area contributed by atoms with Gasteiger partial charge in [-0.05, 0) is 12.3 Å². The lowest BCUT2D eigenvalue weighted by molar-refractivity contribution is -0.371. The number of Topliss-reactive ketones (excluding diaryl/α,β-unsaturated/α-hetero) is 1. The molecule has 0 amide bonds. The summed E-state index contributed by atoms with van der Waals surface area (Å²) in [5.41, 5.74) is 0. The number of hydrogen-bond acceptors (Lipinski definition) is 2. The molecule has 0 bridgehead atoms. The summed E-state index contributed by atoms with van der Waals surface area (Å²) in [4.78, 5) is 11.0. The molecule has 0 heterocycles. The molecule has 19 heavy (non-hydrogen) atoms. The Balaban J connectivity index is 0. The van der Waals surface area contributed by atoms with Crippen LogP contribution in [0.2, 0.25) is 0 Å². The molecular weight excluding hydrogens is 302 g/mol. The summed E-state index contributed by atoms with van der Waals surface area (Å²) in [6, 6.07) is 0. The molecule has 0 aromatic heterocycles. The van der Waals surface area contributed by atoms with Crippen molar-refractivity contribution < 1.29 is 35.9 Å². The van der Waals surface area contributed by atoms with E-state index in [-0.39, 0.29) is 24.7 Å². The predicted molar refractivity (Wildman–Crippen MR) is 58.2 cm³/mol. The van der Waals surface area contributed by atoms with Gasteiger partial charge in [-0.3, -0.25) is 4.79 Å². The standard InChI is InChI=1S/C10H14F6O2.ClH/c1-6(2)3-4-7(17)5-18-10(15,16)9(13,14)8(11)12;/h6,8H,3-5H2,1-2H3;1H.